The van der Waals surface area contributed by atoms with Gasteiger partial charge in [-0.25, -0.2) is 0 Å². The molecule has 0 amide bonds. The van der Waals surface area contributed by atoms with E-state index in [9.17, 15) is 0 Å². The van der Waals surface area contributed by atoms with Gasteiger partial charge in [0.25, 0.3) is 0 Å². The maximum absolute atomic E-state index is 7.71. The molecule has 1 atom stereocenters. The normalized spacial score (nSPS) is 16.6. The van der Waals surface area contributed by atoms with Crippen molar-refractivity contribution < 1.29 is 5.80 Å². The molecule has 0 aromatic heterocycles. The van der Waals surface area contributed by atoms with Gasteiger partial charge in [0, 0.05) is 7.98 Å². The smallest absolute Gasteiger partial charge is 0.191 e. The lowest BCUT2D eigenvalue weighted by atomic mass is 10.2. The molecule has 0 spiro atoms. The summed E-state index contributed by atoms with van der Waals surface area (Å²) < 4.78 is 13.6. The van der Waals surface area contributed by atoms with Crippen LogP contribution >= 0.6 is 0 Å². The lowest BCUT2D eigenvalue weighted by Crippen LogP contribution is -2.40. The molecule has 2 heteroatoms. The molecule has 0 saturated heterocycles. The van der Waals surface area contributed by atoms with Gasteiger partial charge < -0.3 is 4.43 Å². The average Bonchev–Trinajstić information content (AvgIpc) is 1.97. The summed E-state index contributed by atoms with van der Waals surface area (Å²) in [5.74, 6) is 0. The minimum atomic E-state index is -1.67. The number of hydrogen-bond acceptors (Lipinski definition) is 1. The predicted molar refractivity (Wildman–Crippen MR) is 62.6 cm³/mol. The van der Waals surface area contributed by atoms with Crippen LogP contribution in [0.4, 0.5) is 0 Å². The summed E-state index contributed by atoms with van der Waals surface area (Å²) in [6.45, 7) is 17.2. The second-order valence-electron chi connectivity index (χ2n) is 5.12. The van der Waals surface area contributed by atoms with Crippen molar-refractivity contribution >= 4 is 8.32 Å². The van der Waals surface area contributed by atoms with Crippen LogP contribution in [0.2, 0.25) is 18.1 Å². The van der Waals surface area contributed by atoms with Crippen LogP contribution in [0.25, 0.3) is 0 Å². The lowest BCUT2D eigenvalue weighted by Gasteiger charge is -2.36. The number of rotatable bonds is 4. The fourth-order valence-electron chi connectivity index (χ4n) is 0.609. The van der Waals surface area contributed by atoms with Crippen LogP contribution in [-0.2, 0) is 4.43 Å². The molecule has 0 aliphatic carbocycles. The summed E-state index contributed by atoms with van der Waals surface area (Å²) in [7, 11) is -1.67. The van der Waals surface area contributed by atoms with E-state index in [1.807, 2.05) is 6.92 Å². The highest BCUT2D eigenvalue weighted by Gasteiger charge is 2.36. The Bertz CT molecular complexity index is 206. The van der Waals surface area contributed by atoms with E-state index >= 15 is 0 Å². The molecule has 0 aromatic rings. The van der Waals surface area contributed by atoms with Crippen molar-refractivity contribution in [3.63, 3.8) is 0 Å². The third-order valence-corrected chi connectivity index (χ3v) is 7.18. The molecule has 0 bridgehead atoms. The maximum atomic E-state index is 7.71. The summed E-state index contributed by atoms with van der Waals surface area (Å²) >= 11 is 0. The summed E-state index contributed by atoms with van der Waals surface area (Å²) in [6.07, 6.45) is -0.274. The van der Waals surface area contributed by atoms with Crippen molar-refractivity contribution in [1.82, 2.24) is 0 Å². The zero-order chi connectivity index (χ0) is 11.6. The monoisotopic (exact) mass is 201 g/mol. The first kappa shape index (κ1) is 11.0. The summed E-state index contributed by atoms with van der Waals surface area (Å²) in [5, 5.41) is 0.224. The average molecular weight is 201 g/mol. The first-order valence-electron chi connectivity index (χ1n) is 5.37. The van der Waals surface area contributed by atoms with Crippen LogP contribution in [-0.4, -0.2) is 14.9 Å². The molecule has 0 fully saturated rings. The van der Waals surface area contributed by atoms with E-state index in [0.29, 0.717) is 6.61 Å². The minimum Gasteiger partial charge on any atom is -0.417 e. The molecule has 0 rings (SSSR count). The zero-order valence-electron chi connectivity index (χ0n) is 10.9. The molecule has 0 radical (unpaired) electrons. The van der Waals surface area contributed by atoms with Crippen LogP contribution in [0.15, 0.2) is 12.2 Å². The molecule has 13 heavy (non-hydrogen) atoms. The molecule has 0 unspecified atom stereocenters. The molecule has 0 aliphatic rings. The van der Waals surface area contributed by atoms with Crippen LogP contribution < -0.4 is 0 Å². The molecule has 1 nitrogen and oxygen atoms in total. The van der Waals surface area contributed by atoms with E-state index in [-0.39, 0.29) is 11.4 Å². The van der Waals surface area contributed by atoms with Gasteiger partial charge in [-0.2, -0.15) is 0 Å². The second kappa shape index (κ2) is 4.42. The molecule has 0 heterocycles. The summed E-state index contributed by atoms with van der Waals surface area (Å²) in [6, 6.07) is 0. The third kappa shape index (κ3) is 4.63. The van der Waals surface area contributed by atoms with Gasteiger partial charge in [0.15, 0.2) is 8.32 Å². The van der Waals surface area contributed by atoms with Crippen LogP contribution in [0.5, 0.6) is 0 Å². The Morgan fingerprint density at radius 1 is 1.46 bits per heavy atom. The Morgan fingerprint density at radius 3 is 2.23 bits per heavy atom. The largest absolute Gasteiger partial charge is 0.417 e. The Labute approximate surface area is 85.7 Å². The molecular weight excluding hydrogens is 176 g/mol. The Balaban J connectivity index is 4.20. The van der Waals surface area contributed by atoms with Crippen LogP contribution in [0.3, 0.4) is 0 Å². The van der Waals surface area contributed by atoms with Gasteiger partial charge in [0.2, 0.25) is 0 Å². The fraction of sp³-hybridized carbons (Fsp3) is 0.818. The Hall–Kier alpha value is -0.0831. The minimum absolute atomic E-state index is 0.224. The first-order chi connectivity index (χ1) is 6.08. The summed E-state index contributed by atoms with van der Waals surface area (Å²) in [5.41, 5.74) is 0.878. The van der Waals surface area contributed by atoms with Crippen molar-refractivity contribution in [1.29, 1.82) is 0 Å². The first-order valence-corrected chi connectivity index (χ1v) is 7.70. The topological polar surface area (TPSA) is 9.23 Å². The van der Waals surface area contributed by atoms with Gasteiger partial charge in [0.05, 0.1) is 0 Å². The van der Waals surface area contributed by atoms with E-state index in [2.05, 4.69) is 40.4 Å². The zero-order valence-corrected chi connectivity index (χ0v) is 10.9. The van der Waals surface area contributed by atoms with Gasteiger partial charge in [-0.15, -0.1) is 6.58 Å². The predicted octanol–water partition coefficient (Wildman–Crippen LogP) is 3.97. The van der Waals surface area contributed by atoms with Crippen molar-refractivity contribution in [3.05, 3.63) is 12.2 Å². The standard InChI is InChI=1S/C11H24OSi/c1-10(2)8-9-12-13(6,7)11(3,4)5/h1,8-9H2,2-7H3/i8D/t8-/m1/s1. The highest BCUT2D eigenvalue weighted by atomic mass is 28.4. The summed E-state index contributed by atoms with van der Waals surface area (Å²) in [4.78, 5) is 0. The highest BCUT2D eigenvalue weighted by molar-refractivity contribution is 6.74. The quantitative estimate of drug-likeness (QED) is 0.494. The molecule has 0 aromatic carbocycles. The molecule has 0 saturated carbocycles. The van der Waals surface area contributed by atoms with Crippen LogP contribution in [0, 0.1) is 0 Å². The van der Waals surface area contributed by atoms with Gasteiger partial charge in [-0.1, -0.05) is 26.3 Å². The lowest BCUT2D eigenvalue weighted by molar-refractivity contribution is 0.292. The van der Waals surface area contributed by atoms with E-state index < -0.39 is 8.32 Å². The van der Waals surface area contributed by atoms with Gasteiger partial charge >= 0.3 is 0 Å². The van der Waals surface area contributed by atoms with E-state index in [4.69, 9.17) is 5.80 Å². The van der Waals surface area contributed by atoms with Crippen molar-refractivity contribution in [3.8, 4) is 0 Å². The van der Waals surface area contributed by atoms with E-state index in [0.717, 1.165) is 5.57 Å². The molecular formula is C11H24OSi. The van der Waals surface area contributed by atoms with Gasteiger partial charge in [-0.05, 0) is 31.5 Å². The Morgan fingerprint density at radius 2 is 1.92 bits per heavy atom. The van der Waals surface area contributed by atoms with Crippen molar-refractivity contribution in [2.75, 3.05) is 6.61 Å². The van der Waals surface area contributed by atoms with Crippen LogP contribution in [0.1, 0.15) is 35.5 Å². The molecule has 0 N–H and O–H groups in total. The van der Waals surface area contributed by atoms with Gasteiger partial charge in [0.1, 0.15) is 0 Å². The van der Waals surface area contributed by atoms with Crippen molar-refractivity contribution in [2.45, 2.75) is 52.2 Å². The van der Waals surface area contributed by atoms with E-state index in [1.54, 1.807) is 0 Å². The fourth-order valence-corrected chi connectivity index (χ4v) is 1.54. The number of hydrogen-bond donors (Lipinski definition) is 0. The van der Waals surface area contributed by atoms with Gasteiger partial charge in [-0.3, -0.25) is 0 Å². The highest BCUT2D eigenvalue weighted by Crippen LogP contribution is 2.36. The maximum Gasteiger partial charge on any atom is 0.191 e. The molecule has 0 aliphatic heterocycles. The Kier molecular flexibility index (Phi) is 3.74. The third-order valence-electron chi connectivity index (χ3n) is 2.68. The SMILES string of the molecule is [2H][C@H](CO[Si](C)(C)C(C)(C)C)C(=C)C. The second-order valence-corrected chi connectivity index (χ2v) is 9.93. The van der Waals surface area contributed by atoms with Crippen molar-refractivity contribution in [2.24, 2.45) is 0 Å². The molecule has 78 valence electrons. The van der Waals surface area contributed by atoms with E-state index in [1.165, 1.54) is 0 Å².